The number of nitrogens with zero attached hydrogens (tertiary/aromatic N) is 5. The van der Waals surface area contributed by atoms with Gasteiger partial charge in [0, 0.05) is 55.8 Å². The standard InChI is InChI=1S/C27H30N8O2/c1-19-8-9-21(31-27(36)20-6-4-3-5-7-20)14-23(19)32-26-15-22(17-34-10-12-37-13-11-34)33-35(26)25-16-24(28-2)29-18-30-25/h3-9,14-16,18,32H,10-13,17H2,1-2H3,(H,31,36)(H,28,29,30). The minimum absolute atomic E-state index is 0.158. The van der Waals surface area contributed by atoms with Gasteiger partial charge in [0.2, 0.25) is 0 Å². The van der Waals surface area contributed by atoms with E-state index >= 15 is 0 Å². The van der Waals surface area contributed by atoms with Crippen LogP contribution < -0.4 is 16.0 Å². The van der Waals surface area contributed by atoms with Crippen LogP contribution in [0.1, 0.15) is 21.6 Å². The number of anilines is 4. The fraction of sp³-hybridized carbons (Fsp3) is 0.259. The van der Waals surface area contributed by atoms with Crippen molar-refractivity contribution < 1.29 is 9.53 Å². The summed E-state index contributed by atoms with van der Waals surface area (Å²) in [4.78, 5) is 23.7. The van der Waals surface area contributed by atoms with Crippen LogP contribution >= 0.6 is 0 Å². The molecular formula is C27H30N8O2. The van der Waals surface area contributed by atoms with E-state index in [1.54, 1.807) is 16.8 Å². The van der Waals surface area contributed by atoms with Crippen molar-refractivity contribution in [2.75, 3.05) is 49.3 Å². The van der Waals surface area contributed by atoms with Crippen LogP contribution in [0.2, 0.25) is 0 Å². The van der Waals surface area contributed by atoms with Crippen molar-refractivity contribution in [2.24, 2.45) is 0 Å². The van der Waals surface area contributed by atoms with Crippen LogP contribution in [-0.2, 0) is 11.3 Å². The number of carbonyl (C=O) groups excluding carboxylic acids is 1. The second kappa shape index (κ2) is 11.2. The number of nitrogens with one attached hydrogen (secondary N) is 3. The van der Waals surface area contributed by atoms with E-state index in [0.29, 0.717) is 29.4 Å². The summed E-state index contributed by atoms with van der Waals surface area (Å²) < 4.78 is 7.27. The number of carbonyl (C=O) groups is 1. The number of morpholine rings is 1. The second-order valence-electron chi connectivity index (χ2n) is 8.81. The second-order valence-corrected chi connectivity index (χ2v) is 8.81. The molecule has 0 unspecified atom stereocenters. The first-order chi connectivity index (χ1) is 18.1. The first kappa shape index (κ1) is 24.4. The summed E-state index contributed by atoms with van der Waals surface area (Å²) in [6, 6.07) is 18.8. The van der Waals surface area contributed by atoms with Gasteiger partial charge in [-0.15, -0.1) is 0 Å². The third-order valence-corrected chi connectivity index (χ3v) is 6.17. The van der Waals surface area contributed by atoms with E-state index in [9.17, 15) is 4.79 Å². The Bertz CT molecular complexity index is 1370. The predicted octanol–water partition coefficient (Wildman–Crippen LogP) is 3.84. The van der Waals surface area contributed by atoms with Gasteiger partial charge in [-0.05, 0) is 36.8 Å². The van der Waals surface area contributed by atoms with E-state index < -0.39 is 0 Å². The maximum Gasteiger partial charge on any atom is 0.255 e. The normalized spacial score (nSPS) is 13.8. The van der Waals surface area contributed by atoms with Crippen molar-refractivity contribution in [3.63, 3.8) is 0 Å². The number of rotatable bonds is 8. The molecular weight excluding hydrogens is 468 g/mol. The lowest BCUT2D eigenvalue weighted by Gasteiger charge is -2.25. The van der Waals surface area contributed by atoms with E-state index in [4.69, 9.17) is 9.84 Å². The van der Waals surface area contributed by atoms with Gasteiger partial charge in [-0.2, -0.15) is 9.78 Å². The Balaban J connectivity index is 1.44. The summed E-state index contributed by atoms with van der Waals surface area (Å²) in [7, 11) is 1.82. The number of hydrogen-bond donors (Lipinski definition) is 3. The molecule has 10 heteroatoms. The van der Waals surface area contributed by atoms with E-state index in [1.165, 1.54) is 6.33 Å². The molecule has 3 heterocycles. The Morgan fingerprint density at radius 3 is 2.62 bits per heavy atom. The summed E-state index contributed by atoms with van der Waals surface area (Å²) in [5, 5.41) is 14.4. The molecule has 3 N–H and O–H groups in total. The molecule has 0 radical (unpaired) electrons. The fourth-order valence-corrected chi connectivity index (χ4v) is 4.12. The largest absolute Gasteiger partial charge is 0.379 e. The van der Waals surface area contributed by atoms with Crippen molar-refractivity contribution in [1.82, 2.24) is 24.6 Å². The summed E-state index contributed by atoms with van der Waals surface area (Å²) in [6.45, 7) is 5.92. The van der Waals surface area contributed by atoms with Crippen LogP contribution in [0.25, 0.3) is 5.82 Å². The number of hydrogen-bond acceptors (Lipinski definition) is 8. The molecule has 0 bridgehead atoms. The summed E-state index contributed by atoms with van der Waals surface area (Å²) >= 11 is 0. The zero-order valence-electron chi connectivity index (χ0n) is 20.9. The Hall–Kier alpha value is -4.28. The lowest BCUT2D eigenvalue weighted by Crippen LogP contribution is -2.35. The van der Waals surface area contributed by atoms with Crippen molar-refractivity contribution in [3.05, 3.63) is 83.8 Å². The monoisotopic (exact) mass is 498 g/mol. The van der Waals surface area contributed by atoms with Gasteiger partial charge in [0.05, 0.1) is 18.9 Å². The molecule has 1 fully saturated rings. The SMILES string of the molecule is CNc1cc(-n2nc(CN3CCOCC3)cc2Nc2cc(NC(=O)c3ccccc3)ccc2C)ncn1. The van der Waals surface area contributed by atoms with Gasteiger partial charge in [-0.25, -0.2) is 9.97 Å². The molecule has 4 aromatic rings. The van der Waals surface area contributed by atoms with Gasteiger partial charge in [0.15, 0.2) is 5.82 Å². The van der Waals surface area contributed by atoms with Crippen LogP contribution in [-0.4, -0.2) is 63.9 Å². The molecule has 1 amide bonds. The molecule has 0 spiro atoms. The van der Waals surface area contributed by atoms with Crippen molar-refractivity contribution >= 4 is 28.9 Å². The average molecular weight is 499 g/mol. The van der Waals surface area contributed by atoms with E-state index in [1.807, 2.05) is 62.5 Å². The Labute approximate surface area is 215 Å². The van der Waals surface area contributed by atoms with Crippen LogP contribution in [0.4, 0.5) is 23.0 Å². The number of benzene rings is 2. The van der Waals surface area contributed by atoms with Crippen molar-refractivity contribution in [2.45, 2.75) is 13.5 Å². The third kappa shape index (κ3) is 5.93. The number of aromatic nitrogens is 4. The minimum atomic E-state index is -0.158. The number of aryl methyl sites for hydroxylation is 1. The molecule has 1 aliphatic heterocycles. The van der Waals surface area contributed by atoms with Crippen LogP contribution in [0.3, 0.4) is 0 Å². The minimum Gasteiger partial charge on any atom is -0.379 e. The van der Waals surface area contributed by atoms with Gasteiger partial charge in [0.1, 0.15) is 18.0 Å². The topological polar surface area (TPSA) is 109 Å². The van der Waals surface area contributed by atoms with Crippen LogP contribution in [0.5, 0.6) is 0 Å². The highest BCUT2D eigenvalue weighted by Gasteiger charge is 2.17. The fourth-order valence-electron chi connectivity index (χ4n) is 4.12. The molecule has 37 heavy (non-hydrogen) atoms. The zero-order valence-corrected chi connectivity index (χ0v) is 20.9. The van der Waals surface area contributed by atoms with E-state index in [2.05, 4.69) is 30.8 Å². The van der Waals surface area contributed by atoms with Gasteiger partial charge in [0.25, 0.3) is 5.91 Å². The first-order valence-corrected chi connectivity index (χ1v) is 12.2. The average Bonchev–Trinajstić information content (AvgIpc) is 3.33. The van der Waals surface area contributed by atoms with Crippen LogP contribution in [0.15, 0.2) is 67.0 Å². The highest BCUT2D eigenvalue weighted by molar-refractivity contribution is 6.04. The number of ether oxygens (including phenoxy) is 1. The van der Waals surface area contributed by atoms with Crippen molar-refractivity contribution in [1.29, 1.82) is 0 Å². The highest BCUT2D eigenvalue weighted by Crippen LogP contribution is 2.27. The molecule has 10 nitrogen and oxygen atoms in total. The molecule has 0 saturated carbocycles. The Kier molecular flexibility index (Phi) is 7.38. The highest BCUT2D eigenvalue weighted by atomic mass is 16.5. The smallest absolute Gasteiger partial charge is 0.255 e. The first-order valence-electron chi connectivity index (χ1n) is 12.2. The molecule has 0 aliphatic carbocycles. The van der Waals surface area contributed by atoms with Gasteiger partial charge < -0.3 is 20.7 Å². The Morgan fingerprint density at radius 1 is 1.03 bits per heavy atom. The van der Waals surface area contributed by atoms with Crippen molar-refractivity contribution in [3.8, 4) is 5.82 Å². The van der Waals surface area contributed by atoms with Gasteiger partial charge in [-0.3, -0.25) is 9.69 Å². The van der Waals surface area contributed by atoms with E-state index in [0.717, 1.165) is 49.1 Å². The molecule has 5 rings (SSSR count). The maximum atomic E-state index is 12.7. The Morgan fingerprint density at radius 2 is 1.84 bits per heavy atom. The van der Waals surface area contributed by atoms with E-state index in [-0.39, 0.29) is 5.91 Å². The molecule has 2 aromatic carbocycles. The zero-order chi connectivity index (χ0) is 25.6. The van der Waals surface area contributed by atoms with Gasteiger partial charge in [-0.1, -0.05) is 24.3 Å². The molecule has 2 aromatic heterocycles. The third-order valence-electron chi connectivity index (χ3n) is 6.17. The molecule has 190 valence electrons. The summed E-state index contributed by atoms with van der Waals surface area (Å²) in [5.41, 5.74) is 4.10. The maximum absolute atomic E-state index is 12.7. The lowest BCUT2D eigenvalue weighted by atomic mass is 10.1. The molecule has 1 saturated heterocycles. The lowest BCUT2D eigenvalue weighted by molar-refractivity contribution is 0.0336. The quantitative estimate of drug-likeness (QED) is 0.336. The van der Waals surface area contributed by atoms with Crippen LogP contribution in [0, 0.1) is 6.92 Å². The summed E-state index contributed by atoms with van der Waals surface area (Å²) in [5.74, 6) is 1.94. The predicted molar refractivity (Wildman–Crippen MR) is 144 cm³/mol. The van der Waals surface area contributed by atoms with Gasteiger partial charge >= 0.3 is 0 Å². The number of amides is 1. The molecule has 1 aliphatic rings. The molecule has 0 atom stereocenters. The summed E-state index contributed by atoms with van der Waals surface area (Å²) in [6.07, 6.45) is 1.51.